The smallest absolute Gasteiger partial charge is 0.187 e. The topological polar surface area (TPSA) is 62.2 Å². The number of aromatic nitrogens is 2. The monoisotopic (exact) mass is 346 g/mol. The highest BCUT2D eigenvalue weighted by Gasteiger charge is 2.14. The van der Waals surface area contributed by atoms with Crippen LogP contribution in [0.5, 0.6) is 5.75 Å². The second kappa shape index (κ2) is 6.40. The number of aryl methyl sites for hydroxylation is 1. The number of nitrogens with zero attached hydrogens (tertiary/aromatic N) is 4. The van der Waals surface area contributed by atoms with Gasteiger partial charge in [-0.2, -0.15) is 0 Å². The molecule has 5 nitrogen and oxygen atoms in total. The van der Waals surface area contributed by atoms with Crippen molar-refractivity contribution in [1.29, 1.82) is 0 Å². The predicted molar refractivity (Wildman–Crippen MR) is 97.6 cm³/mol. The molecular formula is C20H15FN4O. The maximum Gasteiger partial charge on any atom is 0.187 e. The van der Waals surface area contributed by atoms with Crippen LogP contribution in [0.3, 0.4) is 0 Å². The molecule has 0 bridgehead atoms. The lowest BCUT2D eigenvalue weighted by atomic mass is 10.1. The summed E-state index contributed by atoms with van der Waals surface area (Å²) in [6.07, 6.45) is 1.85. The van der Waals surface area contributed by atoms with Crippen molar-refractivity contribution in [2.24, 2.45) is 10.2 Å². The average Bonchev–Trinajstić information content (AvgIpc) is 3.00. The Kier molecular flexibility index (Phi) is 3.93. The molecule has 0 radical (unpaired) electrons. The molecule has 2 aromatic carbocycles. The Bertz CT molecular complexity index is 1120. The van der Waals surface area contributed by atoms with Crippen molar-refractivity contribution in [2.75, 3.05) is 0 Å². The first-order valence-electron chi connectivity index (χ1n) is 8.06. The third-order valence-electron chi connectivity index (χ3n) is 4.06. The van der Waals surface area contributed by atoms with Crippen molar-refractivity contribution in [1.82, 2.24) is 9.38 Å². The van der Waals surface area contributed by atoms with E-state index in [2.05, 4.69) is 15.2 Å². The lowest BCUT2D eigenvalue weighted by Gasteiger charge is -2.01. The van der Waals surface area contributed by atoms with Crippen LogP contribution in [0.25, 0.3) is 16.9 Å². The molecule has 0 spiro atoms. The minimum absolute atomic E-state index is 0.184. The summed E-state index contributed by atoms with van der Waals surface area (Å²) in [4.78, 5) is 4.61. The number of aromatic hydroxyl groups is 1. The van der Waals surface area contributed by atoms with Crippen molar-refractivity contribution >= 4 is 17.2 Å². The molecule has 2 aromatic heterocycles. The van der Waals surface area contributed by atoms with Crippen molar-refractivity contribution < 1.29 is 9.50 Å². The fourth-order valence-corrected chi connectivity index (χ4v) is 2.73. The largest absolute Gasteiger partial charge is 0.508 e. The molecule has 2 heterocycles. The van der Waals surface area contributed by atoms with E-state index < -0.39 is 0 Å². The van der Waals surface area contributed by atoms with Crippen LogP contribution in [0.15, 0.2) is 77.1 Å². The van der Waals surface area contributed by atoms with Crippen LogP contribution in [0, 0.1) is 12.7 Å². The fraction of sp³-hybridized carbons (Fsp3) is 0.0500. The third kappa shape index (κ3) is 2.93. The molecule has 0 aliphatic carbocycles. The van der Waals surface area contributed by atoms with Crippen molar-refractivity contribution in [3.63, 3.8) is 0 Å². The first-order valence-corrected chi connectivity index (χ1v) is 8.06. The number of imidazole rings is 1. The van der Waals surface area contributed by atoms with Crippen LogP contribution in [-0.4, -0.2) is 14.5 Å². The number of fused-ring (bicyclic) bond motifs is 1. The van der Waals surface area contributed by atoms with Crippen LogP contribution >= 0.6 is 0 Å². The quantitative estimate of drug-likeness (QED) is 0.493. The maximum absolute atomic E-state index is 13.3. The van der Waals surface area contributed by atoms with E-state index in [1.807, 2.05) is 35.7 Å². The van der Waals surface area contributed by atoms with Gasteiger partial charge in [-0.1, -0.05) is 6.07 Å². The number of azo groups is 1. The van der Waals surface area contributed by atoms with Crippen LogP contribution in [0.4, 0.5) is 15.9 Å². The molecule has 26 heavy (non-hydrogen) atoms. The zero-order valence-electron chi connectivity index (χ0n) is 14.0. The van der Waals surface area contributed by atoms with Crippen LogP contribution < -0.4 is 0 Å². The standard InChI is InChI=1S/C20H15FN4O/c1-13-12-16(26)9-10-17(13)23-24-20-19(14-5-7-15(21)8-6-14)22-18-4-2-3-11-25(18)20/h2-12,26H,1H3. The van der Waals surface area contributed by atoms with E-state index in [9.17, 15) is 9.50 Å². The molecule has 4 rings (SSSR count). The van der Waals surface area contributed by atoms with Gasteiger partial charge in [-0.25, -0.2) is 9.37 Å². The van der Waals surface area contributed by atoms with Crippen LogP contribution in [0.2, 0.25) is 0 Å². The molecular weight excluding hydrogens is 331 g/mol. The van der Waals surface area contributed by atoms with Gasteiger partial charge < -0.3 is 5.11 Å². The second-order valence-corrected chi connectivity index (χ2v) is 5.89. The molecule has 0 atom stereocenters. The third-order valence-corrected chi connectivity index (χ3v) is 4.06. The number of hydrogen-bond donors (Lipinski definition) is 1. The lowest BCUT2D eigenvalue weighted by Crippen LogP contribution is -1.82. The molecule has 0 saturated carbocycles. The van der Waals surface area contributed by atoms with Gasteiger partial charge in [0.1, 0.15) is 22.9 Å². The number of benzene rings is 2. The van der Waals surface area contributed by atoms with Gasteiger partial charge in [0.25, 0.3) is 0 Å². The van der Waals surface area contributed by atoms with Crippen molar-refractivity contribution in [3.05, 3.63) is 78.2 Å². The minimum Gasteiger partial charge on any atom is -0.508 e. The summed E-state index contributed by atoms with van der Waals surface area (Å²) in [7, 11) is 0. The highest BCUT2D eigenvalue weighted by molar-refractivity contribution is 5.74. The van der Waals surface area contributed by atoms with Gasteiger partial charge in [0, 0.05) is 11.8 Å². The number of rotatable bonds is 3. The van der Waals surface area contributed by atoms with Gasteiger partial charge in [-0.05, 0) is 67.1 Å². The fourth-order valence-electron chi connectivity index (χ4n) is 2.73. The maximum atomic E-state index is 13.3. The van der Waals surface area contributed by atoms with E-state index in [0.29, 0.717) is 17.2 Å². The Balaban J connectivity index is 1.86. The summed E-state index contributed by atoms with van der Waals surface area (Å²) >= 11 is 0. The van der Waals surface area contributed by atoms with Gasteiger partial charge in [0.15, 0.2) is 5.82 Å². The summed E-state index contributed by atoms with van der Waals surface area (Å²) in [5.41, 5.74) is 3.57. The summed E-state index contributed by atoms with van der Waals surface area (Å²) in [6, 6.07) is 16.7. The van der Waals surface area contributed by atoms with Crippen molar-refractivity contribution in [3.8, 4) is 17.0 Å². The van der Waals surface area contributed by atoms with Gasteiger partial charge in [0.2, 0.25) is 0 Å². The first kappa shape index (κ1) is 16.0. The summed E-state index contributed by atoms with van der Waals surface area (Å²) in [5.74, 6) is 0.434. The Morgan fingerprint density at radius 3 is 2.58 bits per heavy atom. The Labute approximate surface area is 149 Å². The van der Waals surface area contributed by atoms with Gasteiger partial charge in [-0.15, -0.1) is 10.2 Å². The zero-order valence-corrected chi connectivity index (χ0v) is 14.0. The summed E-state index contributed by atoms with van der Waals surface area (Å²) in [5, 5.41) is 18.3. The second-order valence-electron chi connectivity index (χ2n) is 5.89. The summed E-state index contributed by atoms with van der Waals surface area (Å²) in [6.45, 7) is 1.85. The minimum atomic E-state index is -0.305. The highest BCUT2D eigenvalue weighted by atomic mass is 19.1. The van der Waals surface area contributed by atoms with Gasteiger partial charge in [-0.3, -0.25) is 4.40 Å². The molecule has 0 aliphatic rings. The number of hydrogen-bond acceptors (Lipinski definition) is 4. The molecule has 0 aliphatic heterocycles. The number of phenolic OH excluding ortho intramolecular Hbond substituents is 1. The van der Waals surface area contributed by atoms with E-state index in [-0.39, 0.29) is 11.6 Å². The zero-order chi connectivity index (χ0) is 18.1. The summed E-state index contributed by atoms with van der Waals surface area (Å²) < 4.78 is 15.1. The Morgan fingerprint density at radius 2 is 1.81 bits per heavy atom. The van der Waals surface area contributed by atoms with E-state index in [1.54, 1.807) is 30.3 Å². The van der Waals surface area contributed by atoms with Gasteiger partial charge in [0.05, 0.1) is 5.69 Å². The number of halogens is 1. The van der Waals surface area contributed by atoms with Crippen LogP contribution in [-0.2, 0) is 0 Å². The van der Waals surface area contributed by atoms with E-state index in [4.69, 9.17) is 0 Å². The number of pyridine rings is 1. The normalized spacial score (nSPS) is 11.5. The predicted octanol–water partition coefficient (Wildman–Crippen LogP) is 5.57. The molecule has 1 N–H and O–H groups in total. The lowest BCUT2D eigenvalue weighted by molar-refractivity contribution is 0.475. The average molecular weight is 346 g/mol. The van der Waals surface area contributed by atoms with Crippen molar-refractivity contribution in [2.45, 2.75) is 6.92 Å². The van der Waals surface area contributed by atoms with E-state index in [0.717, 1.165) is 16.8 Å². The molecule has 4 aromatic rings. The molecule has 0 unspecified atom stereocenters. The van der Waals surface area contributed by atoms with E-state index in [1.165, 1.54) is 12.1 Å². The Hall–Kier alpha value is -3.54. The molecule has 0 saturated heterocycles. The molecule has 0 fully saturated rings. The molecule has 128 valence electrons. The first-order chi connectivity index (χ1) is 12.6. The number of phenols is 1. The van der Waals surface area contributed by atoms with Crippen LogP contribution in [0.1, 0.15) is 5.56 Å². The Morgan fingerprint density at radius 1 is 1.00 bits per heavy atom. The molecule has 6 heteroatoms. The highest BCUT2D eigenvalue weighted by Crippen LogP contribution is 2.33. The molecule has 0 amide bonds. The van der Waals surface area contributed by atoms with E-state index >= 15 is 0 Å². The SMILES string of the molecule is Cc1cc(O)ccc1N=Nc1c(-c2ccc(F)cc2)nc2ccccn12. The van der Waals surface area contributed by atoms with Gasteiger partial charge >= 0.3 is 0 Å².